The average Bonchev–Trinajstić information content (AvgIpc) is 2.28. The topological polar surface area (TPSA) is 35.8 Å². The minimum atomic E-state index is -0.466. The van der Waals surface area contributed by atoms with Gasteiger partial charge in [-0.25, -0.2) is 0 Å². The monoisotopic (exact) mass is 216 g/mol. The largest absolute Gasteiger partial charge is 0.299 e. The molecule has 0 radical (unpaired) electrons. The number of benzene rings is 1. The second-order valence-electron chi connectivity index (χ2n) is 5.34. The summed E-state index contributed by atoms with van der Waals surface area (Å²) < 4.78 is 0. The van der Waals surface area contributed by atoms with Crippen molar-refractivity contribution in [1.29, 1.82) is 5.26 Å². The van der Waals surface area contributed by atoms with Crippen molar-refractivity contribution in [3.8, 4) is 6.07 Å². The van der Waals surface area contributed by atoms with E-state index in [1.165, 1.54) is 5.56 Å². The van der Waals surface area contributed by atoms with E-state index in [0.717, 1.165) is 6.54 Å². The van der Waals surface area contributed by atoms with Crippen molar-refractivity contribution in [2.75, 3.05) is 6.54 Å². The Morgan fingerprint density at radius 1 is 1.12 bits per heavy atom. The highest BCUT2D eigenvalue weighted by molar-refractivity contribution is 5.24. The van der Waals surface area contributed by atoms with Crippen molar-refractivity contribution < 1.29 is 0 Å². The van der Waals surface area contributed by atoms with E-state index in [-0.39, 0.29) is 5.41 Å². The molecule has 1 N–H and O–H groups in total. The molecule has 0 aliphatic carbocycles. The Hall–Kier alpha value is -1.33. The number of rotatable bonds is 4. The summed E-state index contributed by atoms with van der Waals surface area (Å²) in [6.07, 6.45) is 0. The van der Waals surface area contributed by atoms with Crippen LogP contribution in [0, 0.1) is 11.3 Å². The molecule has 2 heteroatoms. The van der Waals surface area contributed by atoms with Gasteiger partial charge in [0.05, 0.1) is 6.07 Å². The molecule has 0 fully saturated rings. The summed E-state index contributed by atoms with van der Waals surface area (Å²) in [5, 5.41) is 12.2. The lowest BCUT2D eigenvalue weighted by atomic mass is 9.84. The number of nitrogens with one attached hydrogen (secondary N) is 1. The molecular weight excluding hydrogens is 196 g/mol. The Bertz CT molecular complexity index is 371. The molecule has 1 aromatic rings. The van der Waals surface area contributed by atoms with Crippen LogP contribution in [-0.4, -0.2) is 12.1 Å². The highest BCUT2D eigenvalue weighted by Crippen LogP contribution is 2.22. The van der Waals surface area contributed by atoms with E-state index >= 15 is 0 Å². The smallest absolute Gasteiger partial charge is 0.101 e. The highest BCUT2D eigenvalue weighted by Gasteiger charge is 2.24. The van der Waals surface area contributed by atoms with Gasteiger partial charge in [-0.3, -0.25) is 5.32 Å². The van der Waals surface area contributed by atoms with Gasteiger partial charge >= 0.3 is 0 Å². The van der Waals surface area contributed by atoms with Crippen molar-refractivity contribution in [2.45, 2.75) is 38.6 Å². The fraction of sp³-hybridized carbons (Fsp3) is 0.500. The first-order valence-electron chi connectivity index (χ1n) is 5.59. The van der Waals surface area contributed by atoms with Crippen LogP contribution in [0.3, 0.4) is 0 Å². The standard InChI is InChI=1S/C14H20N2/c1-13(2,11-16-14(3,4)10-15)12-8-6-5-7-9-12/h5-9,16H,11H2,1-4H3. The maximum atomic E-state index is 8.95. The summed E-state index contributed by atoms with van der Waals surface area (Å²) in [5.41, 5.74) is 0.859. The third kappa shape index (κ3) is 3.36. The lowest BCUT2D eigenvalue weighted by Gasteiger charge is -2.29. The molecule has 2 nitrogen and oxygen atoms in total. The fourth-order valence-electron chi connectivity index (χ4n) is 1.47. The molecule has 0 spiro atoms. The van der Waals surface area contributed by atoms with Gasteiger partial charge in [-0.15, -0.1) is 0 Å². The minimum Gasteiger partial charge on any atom is -0.299 e. The Labute approximate surface area is 98.3 Å². The third-order valence-electron chi connectivity index (χ3n) is 2.81. The Morgan fingerprint density at radius 2 is 1.69 bits per heavy atom. The summed E-state index contributed by atoms with van der Waals surface area (Å²) in [6, 6.07) is 12.6. The Balaban J connectivity index is 2.71. The molecule has 0 bridgehead atoms. The van der Waals surface area contributed by atoms with E-state index in [1.54, 1.807) is 0 Å². The first-order chi connectivity index (χ1) is 7.37. The second-order valence-corrected chi connectivity index (χ2v) is 5.34. The van der Waals surface area contributed by atoms with Gasteiger partial charge in [-0.05, 0) is 19.4 Å². The molecule has 0 heterocycles. The summed E-state index contributed by atoms with van der Waals surface area (Å²) in [7, 11) is 0. The van der Waals surface area contributed by atoms with Gasteiger partial charge in [0.2, 0.25) is 0 Å². The van der Waals surface area contributed by atoms with Gasteiger partial charge in [0.1, 0.15) is 5.54 Å². The van der Waals surface area contributed by atoms with Crippen LogP contribution in [-0.2, 0) is 5.41 Å². The molecule has 0 aromatic heterocycles. The zero-order valence-corrected chi connectivity index (χ0v) is 10.5. The molecule has 0 unspecified atom stereocenters. The van der Waals surface area contributed by atoms with Crippen LogP contribution in [0.15, 0.2) is 30.3 Å². The molecule has 0 amide bonds. The molecule has 86 valence electrons. The van der Waals surface area contributed by atoms with Crippen LogP contribution in [0.5, 0.6) is 0 Å². The predicted molar refractivity (Wildman–Crippen MR) is 67.2 cm³/mol. The SMILES string of the molecule is CC(C)(C#N)NCC(C)(C)c1ccccc1. The zero-order chi connectivity index (χ0) is 12.2. The van der Waals surface area contributed by atoms with Crippen LogP contribution in [0.25, 0.3) is 0 Å². The van der Waals surface area contributed by atoms with Crippen LogP contribution in [0.1, 0.15) is 33.3 Å². The maximum absolute atomic E-state index is 8.95. The van der Waals surface area contributed by atoms with E-state index in [9.17, 15) is 0 Å². The van der Waals surface area contributed by atoms with E-state index in [4.69, 9.17) is 5.26 Å². The van der Waals surface area contributed by atoms with E-state index in [0.29, 0.717) is 0 Å². The second kappa shape index (κ2) is 4.67. The van der Waals surface area contributed by atoms with Crippen LogP contribution < -0.4 is 5.32 Å². The van der Waals surface area contributed by atoms with E-state index in [1.807, 2.05) is 32.0 Å². The quantitative estimate of drug-likeness (QED) is 0.840. The van der Waals surface area contributed by atoms with Crippen LogP contribution in [0.4, 0.5) is 0 Å². The lowest BCUT2D eigenvalue weighted by Crippen LogP contribution is -2.44. The van der Waals surface area contributed by atoms with E-state index < -0.39 is 5.54 Å². The van der Waals surface area contributed by atoms with Crippen molar-refractivity contribution >= 4 is 0 Å². The molecule has 1 rings (SSSR count). The number of nitriles is 1. The summed E-state index contributed by atoms with van der Waals surface area (Å²) in [4.78, 5) is 0. The van der Waals surface area contributed by atoms with E-state index in [2.05, 4.69) is 37.4 Å². The van der Waals surface area contributed by atoms with Gasteiger partial charge in [-0.1, -0.05) is 44.2 Å². The Morgan fingerprint density at radius 3 is 2.19 bits per heavy atom. The van der Waals surface area contributed by atoms with Crippen LogP contribution >= 0.6 is 0 Å². The normalized spacial score (nSPS) is 12.2. The fourth-order valence-corrected chi connectivity index (χ4v) is 1.47. The van der Waals surface area contributed by atoms with Gasteiger partial charge in [0.25, 0.3) is 0 Å². The van der Waals surface area contributed by atoms with Crippen molar-refractivity contribution in [3.63, 3.8) is 0 Å². The maximum Gasteiger partial charge on any atom is 0.101 e. The summed E-state index contributed by atoms with van der Waals surface area (Å²) >= 11 is 0. The van der Waals surface area contributed by atoms with Gasteiger partial charge in [0, 0.05) is 12.0 Å². The lowest BCUT2D eigenvalue weighted by molar-refractivity contribution is 0.397. The van der Waals surface area contributed by atoms with Crippen molar-refractivity contribution in [3.05, 3.63) is 35.9 Å². The molecule has 0 atom stereocenters. The molecule has 0 aliphatic rings. The molecule has 0 saturated carbocycles. The molecule has 1 aromatic carbocycles. The summed E-state index contributed by atoms with van der Waals surface area (Å²) in [6.45, 7) is 8.95. The highest BCUT2D eigenvalue weighted by atomic mass is 15.0. The minimum absolute atomic E-state index is 0.0371. The third-order valence-corrected chi connectivity index (χ3v) is 2.81. The Kier molecular flexibility index (Phi) is 3.72. The van der Waals surface area contributed by atoms with Crippen LogP contribution in [0.2, 0.25) is 0 Å². The van der Waals surface area contributed by atoms with Gasteiger partial charge < -0.3 is 0 Å². The van der Waals surface area contributed by atoms with Crippen molar-refractivity contribution in [1.82, 2.24) is 5.32 Å². The first kappa shape index (κ1) is 12.7. The zero-order valence-electron chi connectivity index (χ0n) is 10.5. The van der Waals surface area contributed by atoms with Crippen molar-refractivity contribution in [2.24, 2.45) is 0 Å². The molecular formula is C14H20N2. The van der Waals surface area contributed by atoms with Gasteiger partial charge in [-0.2, -0.15) is 5.26 Å². The molecule has 16 heavy (non-hydrogen) atoms. The molecule has 0 aliphatic heterocycles. The van der Waals surface area contributed by atoms with Gasteiger partial charge in [0.15, 0.2) is 0 Å². The predicted octanol–water partition coefficient (Wildman–Crippen LogP) is 2.86. The number of hydrogen-bond acceptors (Lipinski definition) is 2. The average molecular weight is 216 g/mol. The molecule has 0 saturated heterocycles. The number of hydrogen-bond donors (Lipinski definition) is 1. The number of nitrogens with zero attached hydrogens (tertiary/aromatic N) is 1. The first-order valence-corrected chi connectivity index (χ1v) is 5.59. The summed E-state index contributed by atoms with van der Waals surface area (Å²) in [5.74, 6) is 0.